The lowest BCUT2D eigenvalue weighted by Gasteiger charge is -2.16. The third-order valence-corrected chi connectivity index (χ3v) is 5.28. The SMILES string of the molecule is O=C(O)C(Cc1ccccc1)CC1Cc2ccccc2S1. The molecule has 0 aromatic heterocycles. The summed E-state index contributed by atoms with van der Waals surface area (Å²) in [6.07, 6.45) is 2.33. The number of rotatable bonds is 5. The monoisotopic (exact) mass is 298 g/mol. The van der Waals surface area contributed by atoms with E-state index in [-0.39, 0.29) is 5.92 Å². The first-order valence-corrected chi connectivity index (χ1v) is 8.11. The number of carboxylic acid groups (broad SMARTS) is 1. The molecule has 0 saturated carbocycles. The molecule has 1 aliphatic heterocycles. The Kier molecular flexibility index (Phi) is 4.30. The summed E-state index contributed by atoms with van der Waals surface area (Å²) in [4.78, 5) is 12.9. The van der Waals surface area contributed by atoms with Gasteiger partial charge in [-0.15, -0.1) is 11.8 Å². The fourth-order valence-corrected chi connectivity index (χ4v) is 4.28. The Hall–Kier alpha value is -1.74. The average molecular weight is 298 g/mol. The molecule has 0 bridgehead atoms. The molecule has 2 atom stereocenters. The van der Waals surface area contributed by atoms with Crippen LogP contribution in [0, 0.1) is 5.92 Å². The van der Waals surface area contributed by atoms with Crippen molar-refractivity contribution >= 4 is 17.7 Å². The minimum absolute atomic E-state index is 0.306. The number of carboxylic acids is 1. The van der Waals surface area contributed by atoms with E-state index < -0.39 is 5.97 Å². The summed E-state index contributed by atoms with van der Waals surface area (Å²) in [5.41, 5.74) is 2.46. The maximum Gasteiger partial charge on any atom is 0.306 e. The summed E-state index contributed by atoms with van der Waals surface area (Å²) in [7, 11) is 0. The molecule has 2 nitrogen and oxygen atoms in total. The Bertz CT molecular complexity index is 599. The maximum atomic E-state index is 11.6. The summed E-state index contributed by atoms with van der Waals surface area (Å²) in [6.45, 7) is 0. The molecule has 2 aromatic carbocycles. The van der Waals surface area contributed by atoms with Crippen LogP contribution in [0.5, 0.6) is 0 Å². The lowest BCUT2D eigenvalue weighted by Crippen LogP contribution is -2.21. The quantitative estimate of drug-likeness (QED) is 0.905. The van der Waals surface area contributed by atoms with Crippen LogP contribution in [0.25, 0.3) is 0 Å². The summed E-state index contributed by atoms with van der Waals surface area (Å²) in [5.74, 6) is -0.991. The molecule has 0 radical (unpaired) electrons. The second-order valence-electron chi connectivity index (χ2n) is 5.51. The number of hydrogen-bond donors (Lipinski definition) is 1. The predicted octanol–water partition coefficient (Wildman–Crippen LogP) is 4.04. The standard InChI is InChI=1S/C18H18O2S/c19-18(20)15(10-13-6-2-1-3-7-13)12-16-11-14-8-4-5-9-17(14)21-16/h1-9,15-16H,10-12H2,(H,19,20). The molecule has 1 heterocycles. The van der Waals surface area contributed by atoms with Gasteiger partial charge >= 0.3 is 5.97 Å². The Morgan fingerprint density at radius 1 is 1.14 bits per heavy atom. The van der Waals surface area contributed by atoms with Gasteiger partial charge in [0, 0.05) is 10.1 Å². The molecule has 0 aliphatic carbocycles. The number of fused-ring (bicyclic) bond motifs is 1. The molecule has 2 aromatic rings. The van der Waals surface area contributed by atoms with Gasteiger partial charge in [-0.2, -0.15) is 0 Å². The molecular weight excluding hydrogens is 280 g/mol. The number of aliphatic carboxylic acids is 1. The number of thioether (sulfide) groups is 1. The first-order valence-electron chi connectivity index (χ1n) is 7.23. The van der Waals surface area contributed by atoms with E-state index in [2.05, 4.69) is 18.2 Å². The van der Waals surface area contributed by atoms with E-state index in [0.29, 0.717) is 11.7 Å². The Balaban J connectivity index is 1.66. The van der Waals surface area contributed by atoms with E-state index in [1.165, 1.54) is 10.5 Å². The third kappa shape index (κ3) is 3.48. The van der Waals surface area contributed by atoms with Crippen LogP contribution in [0.1, 0.15) is 17.5 Å². The van der Waals surface area contributed by atoms with Crippen molar-refractivity contribution in [2.75, 3.05) is 0 Å². The van der Waals surface area contributed by atoms with Crippen molar-refractivity contribution in [1.82, 2.24) is 0 Å². The third-order valence-electron chi connectivity index (χ3n) is 3.94. The van der Waals surface area contributed by atoms with Gasteiger partial charge in [0.1, 0.15) is 0 Å². The second-order valence-corrected chi connectivity index (χ2v) is 6.85. The molecule has 0 amide bonds. The Labute approximate surface area is 129 Å². The minimum Gasteiger partial charge on any atom is -0.481 e. The van der Waals surface area contributed by atoms with Crippen LogP contribution in [0.2, 0.25) is 0 Å². The smallest absolute Gasteiger partial charge is 0.306 e. The highest BCUT2D eigenvalue weighted by Gasteiger charge is 2.28. The molecule has 2 unspecified atom stereocenters. The normalized spacial score (nSPS) is 18.2. The zero-order valence-electron chi connectivity index (χ0n) is 11.7. The molecule has 1 N–H and O–H groups in total. The molecule has 0 spiro atoms. The van der Waals surface area contributed by atoms with E-state index in [1.54, 1.807) is 0 Å². The number of carbonyl (C=O) groups is 1. The van der Waals surface area contributed by atoms with E-state index in [4.69, 9.17) is 0 Å². The topological polar surface area (TPSA) is 37.3 Å². The zero-order chi connectivity index (χ0) is 14.7. The summed E-state index contributed by atoms with van der Waals surface area (Å²) >= 11 is 1.83. The van der Waals surface area contributed by atoms with Crippen molar-refractivity contribution in [3.05, 3.63) is 65.7 Å². The molecule has 21 heavy (non-hydrogen) atoms. The largest absolute Gasteiger partial charge is 0.481 e. The second kappa shape index (κ2) is 6.35. The molecule has 0 fully saturated rings. The van der Waals surface area contributed by atoms with Gasteiger partial charge in [-0.3, -0.25) is 4.79 Å². The first kappa shape index (κ1) is 14.2. The lowest BCUT2D eigenvalue weighted by molar-refractivity contribution is -0.141. The van der Waals surface area contributed by atoms with Crippen molar-refractivity contribution in [3.8, 4) is 0 Å². The van der Waals surface area contributed by atoms with Crippen molar-refractivity contribution in [2.24, 2.45) is 5.92 Å². The Morgan fingerprint density at radius 2 is 1.86 bits per heavy atom. The van der Waals surface area contributed by atoms with Crippen LogP contribution in [0.3, 0.4) is 0 Å². The van der Waals surface area contributed by atoms with Gasteiger partial charge in [0.25, 0.3) is 0 Å². The molecule has 3 heteroatoms. The van der Waals surface area contributed by atoms with E-state index in [9.17, 15) is 9.90 Å². The van der Waals surface area contributed by atoms with Crippen LogP contribution in [-0.4, -0.2) is 16.3 Å². The maximum absolute atomic E-state index is 11.6. The van der Waals surface area contributed by atoms with Gasteiger partial charge < -0.3 is 5.11 Å². The zero-order valence-corrected chi connectivity index (χ0v) is 12.6. The van der Waals surface area contributed by atoms with Gasteiger partial charge in [-0.25, -0.2) is 0 Å². The van der Waals surface area contributed by atoms with Crippen molar-refractivity contribution in [1.29, 1.82) is 0 Å². The van der Waals surface area contributed by atoms with Gasteiger partial charge in [0.05, 0.1) is 5.92 Å². The molecular formula is C18H18O2S. The fourth-order valence-electron chi connectivity index (χ4n) is 2.87. The van der Waals surface area contributed by atoms with Crippen LogP contribution < -0.4 is 0 Å². The van der Waals surface area contributed by atoms with E-state index in [0.717, 1.165) is 18.4 Å². The van der Waals surface area contributed by atoms with Gasteiger partial charge in [0.2, 0.25) is 0 Å². The highest BCUT2D eigenvalue weighted by Crippen LogP contribution is 2.39. The summed E-state index contributed by atoms with van der Waals surface area (Å²) < 4.78 is 0. The van der Waals surface area contributed by atoms with Gasteiger partial charge in [0.15, 0.2) is 0 Å². The highest BCUT2D eigenvalue weighted by atomic mass is 32.2. The molecule has 3 rings (SSSR count). The van der Waals surface area contributed by atoms with E-state index >= 15 is 0 Å². The lowest BCUT2D eigenvalue weighted by atomic mass is 9.93. The van der Waals surface area contributed by atoms with Crippen molar-refractivity contribution in [3.63, 3.8) is 0 Å². The highest BCUT2D eigenvalue weighted by molar-refractivity contribution is 8.00. The molecule has 108 valence electrons. The van der Waals surface area contributed by atoms with Gasteiger partial charge in [-0.05, 0) is 36.5 Å². The predicted molar refractivity (Wildman–Crippen MR) is 85.7 cm³/mol. The molecule has 0 saturated heterocycles. The average Bonchev–Trinajstić information content (AvgIpc) is 2.90. The minimum atomic E-state index is -0.685. The van der Waals surface area contributed by atoms with Crippen LogP contribution in [-0.2, 0) is 17.6 Å². The van der Waals surface area contributed by atoms with Crippen molar-refractivity contribution < 1.29 is 9.90 Å². The first-order chi connectivity index (χ1) is 10.2. The number of benzene rings is 2. The van der Waals surface area contributed by atoms with Crippen LogP contribution in [0.15, 0.2) is 59.5 Å². The van der Waals surface area contributed by atoms with Crippen molar-refractivity contribution in [2.45, 2.75) is 29.4 Å². The fraction of sp³-hybridized carbons (Fsp3) is 0.278. The van der Waals surface area contributed by atoms with Gasteiger partial charge in [-0.1, -0.05) is 48.5 Å². The van der Waals surface area contributed by atoms with Crippen LogP contribution in [0.4, 0.5) is 0 Å². The molecule has 1 aliphatic rings. The Morgan fingerprint density at radius 3 is 2.57 bits per heavy atom. The van der Waals surface area contributed by atoms with E-state index in [1.807, 2.05) is 48.2 Å². The number of hydrogen-bond acceptors (Lipinski definition) is 2. The summed E-state index contributed by atoms with van der Waals surface area (Å²) in [5, 5.41) is 9.88. The van der Waals surface area contributed by atoms with Crippen LogP contribution >= 0.6 is 11.8 Å². The summed E-state index contributed by atoms with van der Waals surface area (Å²) in [6, 6.07) is 18.3.